The zero-order chi connectivity index (χ0) is 15.3. The van der Waals surface area contributed by atoms with Crippen LogP contribution in [0.4, 0.5) is 0 Å². The quantitative estimate of drug-likeness (QED) is 0.538. The number of amides is 3. The second kappa shape index (κ2) is 6.88. The molecule has 0 spiro atoms. The Morgan fingerprint density at radius 1 is 1.20 bits per heavy atom. The summed E-state index contributed by atoms with van der Waals surface area (Å²) >= 11 is 0. The molecule has 112 valence electrons. The average molecular weight is 285 g/mol. The van der Waals surface area contributed by atoms with Gasteiger partial charge in [0, 0.05) is 13.0 Å². The number of hydrogen-bond acceptors (Lipinski definition) is 4. The van der Waals surface area contributed by atoms with E-state index in [-0.39, 0.29) is 25.0 Å². The van der Waals surface area contributed by atoms with E-state index < -0.39 is 23.8 Å². The van der Waals surface area contributed by atoms with Crippen molar-refractivity contribution in [1.82, 2.24) is 15.5 Å². The molecule has 1 aliphatic rings. The standard InChI is InChI=1S/C12H19N3O5/c1-7(12(19)20)15(9-3-4-9)11(18)6-14-10(17)5-13-8(2)16/h7,9H,3-6H2,1-2H3,(H,13,16)(H,14,17)(H,19,20). The van der Waals surface area contributed by atoms with Gasteiger partial charge in [0.25, 0.3) is 0 Å². The first kappa shape index (κ1) is 15.9. The minimum Gasteiger partial charge on any atom is -0.480 e. The molecule has 0 aromatic rings. The van der Waals surface area contributed by atoms with Crippen LogP contribution in [0.5, 0.6) is 0 Å². The summed E-state index contributed by atoms with van der Waals surface area (Å²) in [5.74, 6) is -2.34. The lowest BCUT2D eigenvalue weighted by Crippen LogP contribution is -2.49. The van der Waals surface area contributed by atoms with Crippen molar-refractivity contribution < 1.29 is 24.3 Å². The van der Waals surface area contributed by atoms with Gasteiger partial charge < -0.3 is 20.6 Å². The van der Waals surface area contributed by atoms with Crippen molar-refractivity contribution in [1.29, 1.82) is 0 Å². The van der Waals surface area contributed by atoms with Crippen molar-refractivity contribution in [3.05, 3.63) is 0 Å². The number of rotatable bonds is 7. The number of nitrogens with one attached hydrogen (secondary N) is 2. The summed E-state index contributed by atoms with van der Waals surface area (Å²) < 4.78 is 0. The van der Waals surface area contributed by atoms with E-state index in [1.54, 1.807) is 0 Å². The van der Waals surface area contributed by atoms with Crippen molar-refractivity contribution in [2.75, 3.05) is 13.1 Å². The lowest BCUT2D eigenvalue weighted by Gasteiger charge is -2.26. The summed E-state index contributed by atoms with van der Waals surface area (Å²) in [6.45, 7) is 2.24. The highest BCUT2D eigenvalue weighted by molar-refractivity contribution is 5.89. The molecule has 1 atom stereocenters. The molecule has 1 fully saturated rings. The van der Waals surface area contributed by atoms with E-state index in [4.69, 9.17) is 5.11 Å². The summed E-state index contributed by atoms with van der Waals surface area (Å²) in [5, 5.41) is 13.6. The zero-order valence-electron chi connectivity index (χ0n) is 11.5. The Morgan fingerprint density at radius 2 is 1.80 bits per heavy atom. The summed E-state index contributed by atoms with van der Waals surface area (Å²) in [6, 6.07) is -0.969. The fraction of sp³-hybridized carbons (Fsp3) is 0.667. The maximum Gasteiger partial charge on any atom is 0.326 e. The van der Waals surface area contributed by atoms with E-state index in [1.807, 2.05) is 0 Å². The van der Waals surface area contributed by atoms with Crippen LogP contribution in [-0.4, -0.2) is 58.9 Å². The topological polar surface area (TPSA) is 116 Å². The molecule has 1 unspecified atom stereocenters. The van der Waals surface area contributed by atoms with Crippen molar-refractivity contribution in [3.63, 3.8) is 0 Å². The van der Waals surface area contributed by atoms with E-state index in [2.05, 4.69) is 10.6 Å². The molecule has 0 aromatic carbocycles. The number of carbonyl (C=O) groups is 4. The third-order valence-electron chi connectivity index (χ3n) is 2.94. The van der Waals surface area contributed by atoms with E-state index >= 15 is 0 Å². The minimum atomic E-state index is -1.07. The van der Waals surface area contributed by atoms with Crippen LogP contribution in [0, 0.1) is 0 Å². The zero-order valence-corrected chi connectivity index (χ0v) is 11.5. The van der Waals surface area contributed by atoms with Crippen LogP contribution in [0.2, 0.25) is 0 Å². The van der Waals surface area contributed by atoms with Crippen LogP contribution >= 0.6 is 0 Å². The summed E-state index contributed by atoms with van der Waals surface area (Å²) in [6.07, 6.45) is 1.56. The van der Waals surface area contributed by atoms with Gasteiger partial charge in [-0.2, -0.15) is 0 Å². The third kappa shape index (κ3) is 4.87. The van der Waals surface area contributed by atoms with E-state index in [9.17, 15) is 19.2 Å². The smallest absolute Gasteiger partial charge is 0.326 e. The molecule has 0 radical (unpaired) electrons. The molecule has 0 saturated heterocycles. The number of hydrogen-bond donors (Lipinski definition) is 3. The van der Waals surface area contributed by atoms with Crippen LogP contribution in [0.3, 0.4) is 0 Å². The fourth-order valence-corrected chi connectivity index (χ4v) is 1.74. The number of nitrogens with zero attached hydrogens (tertiary/aromatic N) is 1. The molecule has 1 rings (SSSR count). The molecule has 3 N–H and O–H groups in total. The molecule has 3 amide bonds. The van der Waals surface area contributed by atoms with Gasteiger partial charge in [-0.05, 0) is 19.8 Å². The number of aliphatic carboxylic acids is 1. The van der Waals surface area contributed by atoms with Gasteiger partial charge in [0.05, 0.1) is 13.1 Å². The Balaban J connectivity index is 2.45. The maximum atomic E-state index is 12.0. The molecule has 20 heavy (non-hydrogen) atoms. The van der Waals surface area contributed by atoms with Crippen molar-refractivity contribution >= 4 is 23.7 Å². The maximum absolute atomic E-state index is 12.0. The van der Waals surface area contributed by atoms with E-state index in [0.717, 1.165) is 12.8 Å². The summed E-state index contributed by atoms with van der Waals surface area (Å²) in [5.41, 5.74) is 0. The van der Waals surface area contributed by atoms with Gasteiger partial charge in [-0.15, -0.1) is 0 Å². The van der Waals surface area contributed by atoms with Crippen molar-refractivity contribution in [2.45, 2.75) is 38.8 Å². The highest BCUT2D eigenvalue weighted by Gasteiger charge is 2.38. The van der Waals surface area contributed by atoms with Crippen LogP contribution in [-0.2, 0) is 19.2 Å². The highest BCUT2D eigenvalue weighted by Crippen LogP contribution is 2.28. The number of carboxylic acid groups (broad SMARTS) is 1. The number of carboxylic acids is 1. The molecule has 1 saturated carbocycles. The van der Waals surface area contributed by atoms with Gasteiger partial charge >= 0.3 is 5.97 Å². The van der Waals surface area contributed by atoms with Crippen molar-refractivity contribution in [3.8, 4) is 0 Å². The van der Waals surface area contributed by atoms with Crippen LogP contribution in [0.25, 0.3) is 0 Å². The lowest BCUT2D eigenvalue weighted by atomic mass is 10.2. The molecule has 0 bridgehead atoms. The molecule has 0 heterocycles. The first-order valence-electron chi connectivity index (χ1n) is 6.38. The Hall–Kier alpha value is -2.12. The third-order valence-corrected chi connectivity index (χ3v) is 2.94. The Kier molecular flexibility index (Phi) is 5.48. The first-order valence-corrected chi connectivity index (χ1v) is 6.38. The van der Waals surface area contributed by atoms with Crippen molar-refractivity contribution in [2.24, 2.45) is 0 Å². The molecule has 0 aliphatic heterocycles. The molecule has 8 nitrogen and oxygen atoms in total. The summed E-state index contributed by atoms with van der Waals surface area (Å²) in [4.78, 5) is 46.2. The molecule has 0 aromatic heterocycles. The second-order valence-electron chi connectivity index (χ2n) is 4.73. The summed E-state index contributed by atoms with van der Waals surface area (Å²) in [7, 11) is 0. The van der Waals surface area contributed by atoms with Gasteiger partial charge in [0.2, 0.25) is 17.7 Å². The Morgan fingerprint density at radius 3 is 2.25 bits per heavy atom. The van der Waals surface area contributed by atoms with Crippen LogP contribution < -0.4 is 10.6 Å². The largest absolute Gasteiger partial charge is 0.480 e. The normalized spacial score (nSPS) is 15.1. The predicted molar refractivity (Wildman–Crippen MR) is 68.7 cm³/mol. The highest BCUT2D eigenvalue weighted by atomic mass is 16.4. The predicted octanol–water partition coefficient (Wildman–Crippen LogP) is -1.30. The fourth-order valence-electron chi connectivity index (χ4n) is 1.74. The van der Waals surface area contributed by atoms with Gasteiger partial charge in [0.1, 0.15) is 6.04 Å². The molecule has 1 aliphatic carbocycles. The second-order valence-corrected chi connectivity index (χ2v) is 4.73. The van der Waals surface area contributed by atoms with Gasteiger partial charge in [-0.1, -0.05) is 0 Å². The molecular formula is C12H19N3O5. The Labute approximate surface area is 116 Å². The average Bonchev–Trinajstić information content (AvgIpc) is 3.18. The van der Waals surface area contributed by atoms with Crippen LogP contribution in [0.1, 0.15) is 26.7 Å². The van der Waals surface area contributed by atoms with Gasteiger partial charge in [-0.3, -0.25) is 14.4 Å². The monoisotopic (exact) mass is 285 g/mol. The minimum absolute atomic E-state index is 0.0548. The number of carbonyl (C=O) groups excluding carboxylic acids is 3. The Bertz CT molecular complexity index is 419. The lowest BCUT2D eigenvalue weighted by molar-refractivity contribution is -0.149. The first-order chi connectivity index (χ1) is 9.32. The molecular weight excluding hydrogens is 266 g/mol. The van der Waals surface area contributed by atoms with E-state index in [0.29, 0.717) is 0 Å². The van der Waals surface area contributed by atoms with Gasteiger partial charge in [0.15, 0.2) is 0 Å². The molecule has 8 heteroatoms. The van der Waals surface area contributed by atoms with Gasteiger partial charge in [-0.25, -0.2) is 4.79 Å². The van der Waals surface area contributed by atoms with Crippen LogP contribution in [0.15, 0.2) is 0 Å². The SMILES string of the molecule is CC(=O)NCC(=O)NCC(=O)N(C1CC1)C(C)C(=O)O. The van der Waals surface area contributed by atoms with E-state index in [1.165, 1.54) is 18.7 Å².